The van der Waals surface area contributed by atoms with Gasteiger partial charge in [-0.15, -0.1) is 0 Å². The highest BCUT2D eigenvalue weighted by Crippen LogP contribution is 2.47. The van der Waals surface area contributed by atoms with E-state index >= 15 is 0 Å². The van der Waals surface area contributed by atoms with Gasteiger partial charge in [-0.2, -0.15) is 0 Å². The molecule has 2 aromatic carbocycles. The van der Waals surface area contributed by atoms with E-state index in [-0.39, 0.29) is 0 Å². The Morgan fingerprint density at radius 2 is 1.78 bits per heavy atom. The second-order valence-electron chi connectivity index (χ2n) is 6.87. The Labute approximate surface area is 177 Å². The van der Waals surface area contributed by atoms with Gasteiger partial charge in [0.1, 0.15) is 0 Å². The van der Waals surface area contributed by atoms with Crippen LogP contribution in [0.1, 0.15) is 12.0 Å². The van der Waals surface area contributed by atoms with E-state index < -0.39 is 0 Å². The van der Waals surface area contributed by atoms with Gasteiger partial charge in [-0.25, -0.2) is 0 Å². The average molecular weight is 489 g/mol. The summed E-state index contributed by atoms with van der Waals surface area (Å²) in [7, 11) is 0. The van der Waals surface area contributed by atoms with Crippen LogP contribution in [0, 0.1) is 0 Å². The molecule has 5 heteroatoms. The van der Waals surface area contributed by atoms with Crippen molar-refractivity contribution in [2.75, 3.05) is 31.2 Å². The zero-order valence-electron chi connectivity index (χ0n) is 14.7. The van der Waals surface area contributed by atoms with Crippen LogP contribution in [-0.2, 0) is 4.74 Å². The van der Waals surface area contributed by atoms with Gasteiger partial charge in [0.2, 0.25) is 0 Å². The lowest BCUT2D eigenvalue weighted by molar-refractivity contribution is 0.122. The molecule has 0 atom stereocenters. The number of ether oxygens (including phenoxy) is 1. The molecule has 136 valence electrons. The lowest BCUT2D eigenvalue weighted by Crippen LogP contribution is -2.36. The summed E-state index contributed by atoms with van der Waals surface area (Å²) in [5, 5.41) is 0.773. The molecule has 1 aliphatic carbocycles. The average Bonchev–Trinajstić information content (AvgIpc) is 3.07. The molecule has 2 aromatic rings. The smallest absolute Gasteiger partial charge is 0.0719 e. The largest absolute Gasteiger partial charge is 0.378 e. The molecule has 1 fully saturated rings. The number of benzene rings is 2. The van der Waals surface area contributed by atoms with Gasteiger partial charge in [-0.05, 0) is 58.5 Å². The van der Waals surface area contributed by atoms with E-state index in [9.17, 15) is 0 Å². The van der Waals surface area contributed by atoms with Crippen molar-refractivity contribution < 1.29 is 4.74 Å². The molecule has 0 N–H and O–H groups in total. The number of nitrogens with zero attached hydrogens (tertiary/aromatic N) is 2. The number of halogens is 2. The summed E-state index contributed by atoms with van der Waals surface area (Å²) in [4.78, 5) is 7.21. The first-order chi connectivity index (χ1) is 13.2. The molecule has 0 unspecified atom stereocenters. The summed E-state index contributed by atoms with van der Waals surface area (Å²) in [6.07, 6.45) is 5.32. The van der Waals surface area contributed by atoms with Crippen LogP contribution in [0.4, 0.5) is 11.4 Å². The lowest BCUT2D eigenvalue weighted by Gasteiger charge is -2.29. The number of anilines is 1. The van der Waals surface area contributed by atoms with E-state index in [2.05, 4.69) is 63.9 Å². The minimum Gasteiger partial charge on any atom is -0.378 e. The molecule has 5 rings (SSSR count). The van der Waals surface area contributed by atoms with Gasteiger partial charge < -0.3 is 9.64 Å². The number of morpholine rings is 1. The van der Waals surface area contributed by atoms with Crippen LogP contribution in [0.5, 0.6) is 0 Å². The summed E-state index contributed by atoms with van der Waals surface area (Å²) in [6.45, 7) is 3.46. The zero-order valence-corrected chi connectivity index (χ0v) is 17.6. The van der Waals surface area contributed by atoms with Crippen molar-refractivity contribution in [3.63, 3.8) is 0 Å². The van der Waals surface area contributed by atoms with Crippen LogP contribution in [0.15, 0.2) is 57.1 Å². The SMILES string of the molecule is Clc1ccc2c(c1-c1ccc(N3CCOCC3)cc1)C1=CC(I)=CCC1=N2. The first kappa shape index (κ1) is 17.5. The summed E-state index contributed by atoms with van der Waals surface area (Å²) in [6, 6.07) is 12.7. The Bertz CT molecular complexity index is 1000. The molecule has 0 aromatic heterocycles. The molecule has 3 aliphatic rings. The first-order valence-electron chi connectivity index (χ1n) is 9.12. The van der Waals surface area contributed by atoms with Crippen molar-refractivity contribution in [3.05, 3.63) is 62.7 Å². The second kappa shape index (κ2) is 7.08. The van der Waals surface area contributed by atoms with E-state index in [0.717, 1.165) is 60.3 Å². The number of allylic oxidation sites excluding steroid dienone is 4. The highest BCUT2D eigenvalue weighted by molar-refractivity contribution is 14.1. The fraction of sp³-hybridized carbons (Fsp3) is 0.227. The Morgan fingerprint density at radius 3 is 2.56 bits per heavy atom. The molecular formula is C22H18ClIN2O. The van der Waals surface area contributed by atoms with Crippen molar-refractivity contribution in [1.29, 1.82) is 0 Å². The third-order valence-electron chi connectivity index (χ3n) is 5.27. The second-order valence-corrected chi connectivity index (χ2v) is 8.53. The maximum absolute atomic E-state index is 6.68. The van der Waals surface area contributed by atoms with Gasteiger partial charge in [-0.3, -0.25) is 4.99 Å². The van der Waals surface area contributed by atoms with Crippen LogP contribution in [0.2, 0.25) is 5.02 Å². The number of fused-ring (bicyclic) bond motifs is 3. The van der Waals surface area contributed by atoms with E-state index in [0.29, 0.717) is 0 Å². The van der Waals surface area contributed by atoms with E-state index in [1.807, 2.05) is 12.1 Å². The molecule has 0 bridgehead atoms. The summed E-state index contributed by atoms with van der Waals surface area (Å²) < 4.78 is 6.71. The van der Waals surface area contributed by atoms with Crippen molar-refractivity contribution in [1.82, 2.24) is 0 Å². The van der Waals surface area contributed by atoms with Crippen LogP contribution in [-0.4, -0.2) is 32.0 Å². The van der Waals surface area contributed by atoms with Gasteiger partial charge in [-0.1, -0.05) is 29.8 Å². The first-order valence-corrected chi connectivity index (χ1v) is 10.6. The fourth-order valence-electron chi connectivity index (χ4n) is 3.93. The maximum atomic E-state index is 6.68. The fourth-order valence-corrected chi connectivity index (χ4v) is 4.72. The Hall–Kier alpha value is -1.63. The minimum absolute atomic E-state index is 0.773. The normalized spacial score (nSPS) is 18.4. The van der Waals surface area contributed by atoms with E-state index in [1.165, 1.54) is 20.4 Å². The standard InChI is InChI=1S/C22H18ClIN2O/c23-18-6-8-20-22(17-13-15(24)3-7-19(17)25-20)21(18)14-1-4-16(5-2-14)26-9-11-27-12-10-26/h1-6,8,13H,7,9-12H2. The number of rotatable bonds is 2. The van der Waals surface area contributed by atoms with Gasteiger partial charge in [0.05, 0.1) is 24.6 Å². The Morgan fingerprint density at radius 1 is 1.00 bits per heavy atom. The summed E-state index contributed by atoms with van der Waals surface area (Å²) >= 11 is 9.05. The van der Waals surface area contributed by atoms with E-state index in [4.69, 9.17) is 21.3 Å². The van der Waals surface area contributed by atoms with Crippen LogP contribution >= 0.6 is 34.2 Å². The lowest BCUT2D eigenvalue weighted by atomic mass is 9.90. The Balaban J connectivity index is 1.57. The van der Waals surface area contributed by atoms with Gasteiger partial charge in [0.15, 0.2) is 0 Å². The van der Waals surface area contributed by atoms with Crippen molar-refractivity contribution in [3.8, 4) is 11.1 Å². The summed E-state index contributed by atoms with van der Waals surface area (Å²) in [5.41, 5.74) is 7.99. The molecule has 2 aliphatic heterocycles. The van der Waals surface area contributed by atoms with E-state index in [1.54, 1.807) is 0 Å². The topological polar surface area (TPSA) is 24.8 Å². The van der Waals surface area contributed by atoms with Crippen LogP contribution in [0.25, 0.3) is 16.7 Å². The summed E-state index contributed by atoms with van der Waals surface area (Å²) in [5.74, 6) is 0. The molecule has 3 nitrogen and oxygen atoms in total. The molecule has 1 saturated heterocycles. The third-order valence-corrected chi connectivity index (χ3v) is 6.34. The van der Waals surface area contributed by atoms with Crippen molar-refractivity contribution >= 4 is 56.9 Å². The molecular weight excluding hydrogens is 471 g/mol. The number of aliphatic imine (C=N–C) groups is 1. The predicted molar refractivity (Wildman–Crippen MR) is 122 cm³/mol. The maximum Gasteiger partial charge on any atom is 0.0719 e. The zero-order chi connectivity index (χ0) is 18.4. The molecule has 0 saturated carbocycles. The Kier molecular flexibility index (Phi) is 4.58. The molecule has 0 amide bonds. The molecule has 2 heterocycles. The minimum atomic E-state index is 0.773. The van der Waals surface area contributed by atoms with Crippen LogP contribution < -0.4 is 4.90 Å². The quantitative estimate of drug-likeness (QED) is 0.482. The predicted octanol–water partition coefficient (Wildman–Crippen LogP) is 6.04. The molecule has 0 radical (unpaired) electrons. The van der Waals surface area contributed by atoms with Crippen molar-refractivity contribution in [2.24, 2.45) is 4.99 Å². The third kappa shape index (κ3) is 3.13. The highest BCUT2D eigenvalue weighted by atomic mass is 127. The van der Waals surface area contributed by atoms with Gasteiger partial charge in [0.25, 0.3) is 0 Å². The van der Waals surface area contributed by atoms with Gasteiger partial charge in [0, 0.05) is 50.5 Å². The van der Waals surface area contributed by atoms with Crippen LogP contribution in [0.3, 0.4) is 0 Å². The molecule has 0 spiro atoms. The van der Waals surface area contributed by atoms with Crippen molar-refractivity contribution in [2.45, 2.75) is 6.42 Å². The monoisotopic (exact) mass is 488 g/mol. The molecule has 27 heavy (non-hydrogen) atoms. The van der Waals surface area contributed by atoms with Gasteiger partial charge >= 0.3 is 0 Å². The number of hydrogen-bond donors (Lipinski definition) is 0. The highest BCUT2D eigenvalue weighted by Gasteiger charge is 2.27. The number of hydrogen-bond acceptors (Lipinski definition) is 3.